The fourth-order valence-electron chi connectivity index (χ4n) is 4.09. The Hall–Kier alpha value is -1.51. The lowest BCUT2D eigenvalue weighted by molar-refractivity contribution is -0.208. The Labute approximate surface area is 138 Å². The predicted molar refractivity (Wildman–Crippen MR) is 80.3 cm³/mol. The second-order valence-electron chi connectivity index (χ2n) is 7.00. The number of nitrogens with zero attached hydrogens (tertiary/aromatic N) is 2. The van der Waals surface area contributed by atoms with Crippen LogP contribution in [-0.2, 0) is 9.47 Å². The van der Waals surface area contributed by atoms with Crippen LogP contribution in [0.2, 0.25) is 0 Å². The minimum atomic E-state index is -1.21. The van der Waals surface area contributed by atoms with E-state index >= 15 is 0 Å². The maximum atomic E-state index is 13.7. The summed E-state index contributed by atoms with van der Waals surface area (Å²) in [5.74, 6) is -1.39. The van der Waals surface area contributed by atoms with Crippen molar-refractivity contribution in [1.82, 2.24) is 9.55 Å². The molecular weight excluding hydrogens is 319 g/mol. The zero-order valence-electron chi connectivity index (χ0n) is 13.5. The summed E-state index contributed by atoms with van der Waals surface area (Å²) in [4.78, 5) is 15.3. The molecule has 1 spiro atoms. The van der Waals surface area contributed by atoms with Crippen molar-refractivity contribution in [3.8, 4) is 6.01 Å². The molecule has 8 heteroatoms. The Kier molecular flexibility index (Phi) is 3.67. The molecule has 1 aliphatic carbocycles. The van der Waals surface area contributed by atoms with Gasteiger partial charge in [0.1, 0.15) is 11.7 Å². The summed E-state index contributed by atoms with van der Waals surface area (Å²) in [5.41, 5.74) is -1.64. The number of hydrogen-bond acceptors (Lipinski definition) is 6. The van der Waals surface area contributed by atoms with Gasteiger partial charge in [0.05, 0.1) is 19.2 Å². The maximum Gasteiger partial charge on any atom is 0.301 e. The van der Waals surface area contributed by atoms with E-state index in [9.17, 15) is 14.3 Å². The van der Waals surface area contributed by atoms with Crippen molar-refractivity contribution in [3.05, 3.63) is 22.6 Å². The third-order valence-corrected chi connectivity index (χ3v) is 5.31. The van der Waals surface area contributed by atoms with E-state index in [1.54, 1.807) is 6.92 Å². The van der Waals surface area contributed by atoms with Crippen LogP contribution in [-0.4, -0.2) is 45.4 Å². The molecule has 1 aromatic rings. The summed E-state index contributed by atoms with van der Waals surface area (Å²) < 4.78 is 32.9. The first-order valence-electron chi connectivity index (χ1n) is 8.31. The van der Waals surface area contributed by atoms with E-state index < -0.39 is 41.9 Å². The van der Waals surface area contributed by atoms with E-state index in [0.717, 1.165) is 25.7 Å². The Morgan fingerprint density at radius 1 is 1.46 bits per heavy atom. The van der Waals surface area contributed by atoms with Crippen molar-refractivity contribution in [3.63, 3.8) is 0 Å². The van der Waals surface area contributed by atoms with Gasteiger partial charge in [0, 0.05) is 25.1 Å². The lowest BCUT2D eigenvalue weighted by Gasteiger charge is -2.39. The molecule has 0 unspecified atom stereocenters. The molecule has 2 fully saturated rings. The van der Waals surface area contributed by atoms with Crippen molar-refractivity contribution < 1.29 is 23.7 Å². The van der Waals surface area contributed by atoms with Crippen molar-refractivity contribution in [2.24, 2.45) is 5.92 Å². The second-order valence-corrected chi connectivity index (χ2v) is 7.00. The number of rotatable bonds is 1. The van der Waals surface area contributed by atoms with Crippen LogP contribution in [0.25, 0.3) is 0 Å². The first-order chi connectivity index (χ1) is 11.5. The first-order valence-corrected chi connectivity index (χ1v) is 8.31. The molecular formula is C16H21FN2O5. The maximum absolute atomic E-state index is 13.7. The molecule has 0 radical (unpaired) electrons. The van der Waals surface area contributed by atoms with Crippen molar-refractivity contribution >= 4 is 0 Å². The van der Waals surface area contributed by atoms with Crippen molar-refractivity contribution in [2.75, 3.05) is 13.3 Å². The van der Waals surface area contributed by atoms with Gasteiger partial charge in [0.2, 0.25) is 0 Å². The fraction of sp³-hybridized carbons (Fsp3) is 0.750. The van der Waals surface area contributed by atoms with Crippen LogP contribution >= 0.6 is 0 Å². The number of halogens is 1. The quantitative estimate of drug-likeness (QED) is 0.826. The number of fused-ring (bicyclic) bond motifs is 2. The van der Waals surface area contributed by atoms with E-state index in [1.807, 2.05) is 0 Å². The molecule has 0 bridgehead atoms. The highest BCUT2D eigenvalue weighted by molar-refractivity contribution is 5.10. The lowest BCUT2D eigenvalue weighted by atomic mass is 9.87. The molecule has 2 aliphatic heterocycles. The zero-order valence-corrected chi connectivity index (χ0v) is 13.5. The Bertz CT molecular complexity index is 689. The third kappa shape index (κ3) is 2.28. The van der Waals surface area contributed by atoms with Crippen LogP contribution in [0.5, 0.6) is 6.01 Å². The van der Waals surface area contributed by atoms with Crippen molar-refractivity contribution in [1.29, 1.82) is 0 Å². The lowest BCUT2D eigenvalue weighted by Crippen LogP contribution is -2.52. The molecule has 3 aliphatic rings. The van der Waals surface area contributed by atoms with Crippen LogP contribution in [0.1, 0.15) is 38.8 Å². The van der Waals surface area contributed by atoms with Crippen LogP contribution in [0.3, 0.4) is 0 Å². The van der Waals surface area contributed by atoms with Gasteiger partial charge in [0.25, 0.3) is 5.56 Å². The summed E-state index contributed by atoms with van der Waals surface area (Å²) in [5, 5.41) is 11.0. The fourth-order valence-corrected chi connectivity index (χ4v) is 4.09. The molecule has 7 nitrogen and oxygen atoms in total. The van der Waals surface area contributed by atoms with E-state index in [-0.39, 0.29) is 12.6 Å². The molecule has 132 valence electrons. The standard InChI is InChI=1S/C16H21FN2O5/c1-15-12(23-16(24-15)5-2-3-6-16)10(8-17)9-22-14-18-11(20)4-7-19(14)13(15)21/h4,7,10,12-13,21H,2-3,5-6,8-9H2,1H3/t10-,12+,13+,15+/m0/s1. The molecule has 4 rings (SSSR count). The number of aliphatic hydroxyl groups excluding tert-OH is 1. The van der Waals surface area contributed by atoms with E-state index in [0.29, 0.717) is 0 Å². The molecule has 1 saturated carbocycles. The largest absolute Gasteiger partial charge is 0.464 e. The number of alkyl halides is 1. The number of aliphatic hydroxyl groups is 1. The monoisotopic (exact) mass is 340 g/mol. The van der Waals surface area contributed by atoms with Crippen LogP contribution < -0.4 is 10.3 Å². The summed E-state index contributed by atoms with van der Waals surface area (Å²) in [6, 6.07) is 1.20. The van der Waals surface area contributed by atoms with E-state index in [2.05, 4.69) is 4.98 Å². The average molecular weight is 340 g/mol. The predicted octanol–water partition coefficient (Wildman–Crippen LogP) is 1.16. The summed E-state index contributed by atoms with van der Waals surface area (Å²) >= 11 is 0. The van der Waals surface area contributed by atoms with Crippen molar-refractivity contribution in [2.45, 2.75) is 56.3 Å². The van der Waals surface area contributed by atoms with Crippen LogP contribution in [0, 0.1) is 5.92 Å². The van der Waals surface area contributed by atoms with Gasteiger partial charge in [-0.1, -0.05) is 0 Å². The Balaban J connectivity index is 1.80. The SMILES string of the molecule is C[C@@]12OC3(CCCC3)O[C@@H]1[C@@H](CF)COc1nc(=O)ccn1[C@@H]2O. The molecule has 1 N–H and O–H groups in total. The van der Waals surface area contributed by atoms with Crippen LogP contribution in [0.4, 0.5) is 4.39 Å². The normalized spacial score (nSPS) is 37.4. The first kappa shape index (κ1) is 16.0. The number of hydrogen-bond donors (Lipinski definition) is 1. The Morgan fingerprint density at radius 3 is 2.92 bits per heavy atom. The summed E-state index contributed by atoms with van der Waals surface area (Å²) in [6.07, 6.45) is 2.95. The topological polar surface area (TPSA) is 82.8 Å². The molecule has 0 amide bonds. The second kappa shape index (κ2) is 5.50. The Morgan fingerprint density at radius 2 is 2.21 bits per heavy atom. The summed E-state index contributed by atoms with van der Waals surface area (Å²) in [7, 11) is 0. The number of ether oxygens (including phenoxy) is 3. The molecule has 1 saturated heterocycles. The highest BCUT2D eigenvalue weighted by atomic mass is 19.1. The zero-order chi connectivity index (χ0) is 16.9. The van der Waals surface area contributed by atoms with Gasteiger partial charge in [-0.05, 0) is 19.8 Å². The minimum Gasteiger partial charge on any atom is -0.464 e. The van der Waals surface area contributed by atoms with E-state index in [4.69, 9.17) is 14.2 Å². The average Bonchev–Trinajstić information content (AvgIpc) is 3.12. The van der Waals surface area contributed by atoms with Gasteiger partial charge >= 0.3 is 6.01 Å². The van der Waals surface area contributed by atoms with Gasteiger partial charge in [-0.15, -0.1) is 0 Å². The molecule has 4 atom stereocenters. The number of aromatic nitrogens is 2. The smallest absolute Gasteiger partial charge is 0.301 e. The molecule has 24 heavy (non-hydrogen) atoms. The van der Waals surface area contributed by atoms with Crippen LogP contribution in [0.15, 0.2) is 17.1 Å². The van der Waals surface area contributed by atoms with E-state index in [1.165, 1.54) is 16.8 Å². The highest BCUT2D eigenvalue weighted by Crippen LogP contribution is 2.52. The summed E-state index contributed by atoms with van der Waals surface area (Å²) in [6.45, 7) is 1.05. The highest BCUT2D eigenvalue weighted by Gasteiger charge is 2.62. The van der Waals surface area contributed by atoms with Gasteiger partial charge in [-0.25, -0.2) is 0 Å². The molecule has 1 aromatic heterocycles. The third-order valence-electron chi connectivity index (χ3n) is 5.31. The van der Waals surface area contributed by atoms with Gasteiger partial charge in [0.15, 0.2) is 12.0 Å². The molecule has 0 aromatic carbocycles. The van der Waals surface area contributed by atoms with Gasteiger partial charge in [-0.2, -0.15) is 4.98 Å². The molecule has 3 heterocycles. The van der Waals surface area contributed by atoms with Gasteiger partial charge in [-0.3, -0.25) is 13.8 Å². The minimum absolute atomic E-state index is 0.000625. The van der Waals surface area contributed by atoms with Gasteiger partial charge < -0.3 is 19.3 Å².